The molecule has 0 radical (unpaired) electrons. The highest BCUT2D eigenvalue weighted by atomic mass is 35.5. The number of nitrogens with zero attached hydrogens (tertiary/aromatic N) is 1. The zero-order valence-electron chi connectivity index (χ0n) is 15.8. The molecule has 5 rings (SSSR count). The molecule has 7 heteroatoms. The predicted octanol–water partition coefficient (Wildman–Crippen LogP) is 4.05. The van der Waals surface area contributed by atoms with E-state index in [1.165, 1.54) is 36.4 Å². The second-order valence-electron chi connectivity index (χ2n) is 7.84. The molecule has 152 valence electrons. The van der Waals surface area contributed by atoms with Gasteiger partial charge in [0, 0.05) is 10.6 Å². The highest BCUT2D eigenvalue weighted by Crippen LogP contribution is 2.54. The Bertz CT molecular complexity index is 1070. The lowest BCUT2D eigenvalue weighted by Crippen LogP contribution is -2.33. The number of hydrogen-bond acceptors (Lipinski definition) is 4. The predicted molar refractivity (Wildman–Crippen MR) is 108 cm³/mol. The number of ether oxygens (including phenoxy) is 1. The molecule has 5 nitrogen and oxygen atoms in total. The Labute approximate surface area is 177 Å². The Kier molecular flexibility index (Phi) is 4.47. The molecule has 1 saturated carbocycles. The number of amides is 2. The highest BCUT2D eigenvalue weighted by Gasteiger charge is 2.59. The number of carbonyl (C=O) groups is 3. The van der Waals surface area contributed by atoms with Gasteiger partial charge in [0.2, 0.25) is 11.8 Å². The SMILES string of the molecule is O=C(COc1ccc(Cl)cc1N1C(=O)[C@H]2[C@H](C1=O)[C@H]1C=C[C@H]2C1)c1ccc(F)cc1. The van der Waals surface area contributed by atoms with E-state index in [9.17, 15) is 18.8 Å². The van der Waals surface area contributed by atoms with Crippen molar-refractivity contribution in [3.05, 3.63) is 71.0 Å². The van der Waals surface area contributed by atoms with Gasteiger partial charge in [0.1, 0.15) is 11.6 Å². The quantitative estimate of drug-likeness (QED) is 0.412. The maximum atomic E-state index is 13.1. The largest absolute Gasteiger partial charge is 0.483 e. The number of rotatable bonds is 5. The van der Waals surface area contributed by atoms with Gasteiger partial charge in [-0.2, -0.15) is 0 Å². The second kappa shape index (κ2) is 7.06. The third kappa shape index (κ3) is 2.94. The van der Waals surface area contributed by atoms with Crippen molar-refractivity contribution in [3.63, 3.8) is 0 Å². The van der Waals surface area contributed by atoms with E-state index in [-0.39, 0.29) is 59.3 Å². The maximum Gasteiger partial charge on any atom is 0.238 e. The molecule has 0 unspecified atom stereocenters. The van der Waals surface area contributed by atoms with Crippen molar-refractivity contribution in [1.82, 2.24) is 0 Å². The molecule has 0 N–H and O–H groups in total. The molecule has 2 fully saturated rings. The first-order chi connectivity index (χ1) is 14.4. The zero-order valence-corrected chi connectivity index (χ0v) is 16.5. The minimum absolute atomic E-state index is 0.0880. The third-order valence-electron chi connectivity index (χ3n) is 6.16. The third-order valence-corrected chi connectivity index (χ3v) is 6.39. The minimum Gasteiger partial charge on any atom is -0.483 e. The number of halogens is 2. The summed E-state index contributed by atoms with van der Waals surface area (Å²) in [6.07, 6.45) is 4.89. The number of benzene rings is 2. The van der Waals surface area contributed by atoms with Crippen LogP contribution in [0.15, 0.2) is 54.6 Å². The van der Waals surface area contributed by atoms with E-state index in [1.807, 2.05) is 12.2 Å². The van der Waals surface area contributed by atoms with E-state index < -0.39 is 5.82 Å². The number of ketones is 1. The normalized spacial score (nSPS) is 26.4. The second-order valence-corrected chi connectivity index (χ2v) is 8.28. The lowest BCUT2D eigenvalue weighted by molar-refractivity contribution is -0.123. The molecular weight excluding hydrogens is 409 g/mol. The Hall–Kier alpha value is -2.99. The zero-order chi connectivity index (χ0) is 21.0. The molecule has 0 aromatic heterocycles. The Balaban J connectivity index is 1.41. The van der Waals surface area contributed by atoms with Crippen LogP contribution in [0.25, 0.3) is 0 Å². The van der Waals surface area contributed by atoms with Gasteiger partial charge in [-0.3, -0.25) is 14.4 Å². The Morgan fingerprint density at radius 1 is 1.03 bits per heavy atom. The minimum atomic E-state index is -0.437. The monoisotopic (exact) mass is 425 g/mol. The molecule has 2 aromatic carbocycles. The standard InChI is InChI=1S/C23H17ClFNO4/c24-15-5-8-19(30-11-18(27)12-3-6-16(25)7-4-12)17(10-15)26-22(28)20-13-1-2-14(9-13)21(20)23(26)29/h1-8,10,13-14,20-21H,9,11H2/t13-,14-,20+,21+/m0/s1. The first-order valence-corrected chi connectivity index (χ1v) is 10.1. The van der Waals surface area contributed by atoms with Gasteiger partial charge >= 0.3 is 0 Å². The summed E-state index contributed by atoms with van der Waals surface area (Å²) in [5.74, 6) is -1.59. The first kappa shape index (κ1) is 19.0. The van der Waals surface area contributed by atoms with Gasteiger partial charge in [-0.05, 0) is 60.7 Å². The molecule has 1 heterocycles. The van der Waals surface area contributed by atoms with Gasteiger partial charge < -0.3 is 4.74 Å². The van der Waals surface area contributed by atoms with E-state index >= 15 is 0 Å². The van der Waals surface area contributed by atoms with Gasteiger partial charge in [0.05, 0.1) is 17.5 Å². The van der Waals surface area contributed by atoms with Crippen molar-refractivity contribution < 1.29 is 23.5 Å². The molecule has 0 spiro atoms. The number of fused-ring (bicyclic) bond motifs is 5. The van der Waals surface area contributed by atoms with Crippen LogP contribution in [0.4, 0.5) is 10.1 Å². The van der Waals surface area contributed by atoms with Gasteiger partial charge in [0.15, 0.2) is 12.4 Å². The van der Waals surface area contributed by atoms with Crippen LogP contribution < -0.4 is 9.64 Å². The fourth-order valence-corrected chi connectivity index (χ4v) is 4.96. The van der Waals surface area contributed by atoms with Crippen LogP contribution in [0.5, 0.6) is 5.75 Å². The molecule has 2 aromatic rings. The van der Waals surface area contributed by atoms with Gasteiger partial charge in [-0.1, -0.05) is 23.8 Å². The number of Topliss-reactive ketones (excluding diaryl/α,β-unsaturated/α-hetero) is 1. The molecule has 4 atom stereocenters. The van der Waals surface area contributed by atoms with Gasteiger partial charge in [-0.15, -0.1) is 0 Å². The first-order valence-electron chi connectivity index (χ1n) is 9.71. The van der Waals surface area contributed by atoms with E-state index in [2.05, 4.69) is 0 Å². The maximum absolute atomic E-state index is 13.1. The molecule has 1 aliphatic heterocycles. The number of anilines is 1. The fraction of sp³-hybridized carbons (Fsp3) is 0.261. The highest BCUT2D eigenvalue weighted by molar-refractivity contribution is 6.31. The number of imide groups is 1. The average Bonchev–Trinajstić information content (AvgIpc) is 3.41. The van der Waals surface area contributed by atoms with Crippen molar-refractivity contribution in [3.8, 4) is 5.75 Å². The summed E-state index contributed by atoms with van der Waals surface area (Å²) in [7, 11) is 0. The summed E-state index contributed by atoms with van der Waals surface area (Å²) in [6.45, 7) is -0.323. The number of hydrogen-bond donors (Lipinski definition) is 0. The molecule has 3 aliphatic rings. The molecule has 2 amide bonds. The summed E-state index contributed by atoms with van der Waals surface area (Å²) < 4.78 is 18.7. The van der Waals surface area contributed by atoms with E-state index in [0.717, 1.165) is 11.3 Å². The van der Waals surface area contributed by atoms with Crippen molar-refractivity contribution >= 4 is 34.9 Å². The van der Waals surface area contributed by atoms with E-state index in [1.54, 1.807) is 6.07 Å². The van der Waals surface area contributed by atoms with Crippen molar-refractivity contribution in [1.29, 1.82) is 0 Å². The summed E-state index contributed by atoms with van der Waals surface area (Å²) in [5.41, 5.74) is 0.552. The molecular formula is C23H17ClFNO4. The fourth-order valence-electron chi connectivity index (χ4n) is 4.79. The smallest absolute Gasteiger partial charge is 0.238 e. The Morgan fingerprint density at radius 2 is 1.67 bits per heavy atom. The average molecular weight is 426 g/mol. The van der Waals surface area contributed by atoms with Crippen LogP contribution in [-0.4, -0.2) is 24.2 Å². The van der Waals surface area contributed by atoms with E-state index in [4.69, 9.17) is 16.3 Å². The summed E-state index contributed by atoms with van der Waals surface area (Å²) in [5, 5.41) is 0.348. The molecule has 2 aliphatic carbocycles. The van der Waals surface area contributed by atoms with Gasteiger partial charge in [-0.25, -0.2) is 9.29 Å². The van der Waals surface area contributed by atoms with Crippen molar-refractivity contribution in [2.45, 2.75) is 6.42 Å². The van der Waals surface area contributed by atoms with Gasteiger partial charge in [0.25, 0.3) is 0 Å². The van der Waals surface area contributed by atoms with Crippen molar-refractivity contribution in [2.24, 2.45) is 23.7 Å². The lowest BCUT2D eigenvalue weighted by Gasteiger charge is -2.21. The van der Waals surface area contributed by atoms with Crippen LogP contribution >= 0.6 is 11.6 Å². The summed E-state index contributed by atoms with van der Waals surface area (Å²) in [6, 6.07) is 9.76. The molecule has 2 bridgehead atoms. The lowest BCUT2D eigenvalue weighted by atomic mass is 9.85. The van der Waals surface area contributed by atoms with Crippen LogP contribution in [-0.2, 0) is 9.59 Å². The van der Waals surface area contributed by atoms with E-state index in [0.29, 0.717) is 10.6 Å². The Morgan fingerprint density at radius 3 is 2.30 bits per heavy atom. The topological polar surface area (TPSA) is 63.7 Å². The summed E-state index contributed by atoms with van der Waals surface area (Å²) in [4.78, 5) is 39.8. The molecule has 30 heavy (non-hydrogen) atoms. The van der Waals surface area contributed by atoms with Crippen LogP contribution in [0.3, 0.4) is 0 Å². The van der Waals surface area contributed by atoms with Crippen LogP contribution in [0, 0.1) is 29.5 Å². The number of carbonyl (C=O) groups excluding carboxylic acids is 3. The molecule has 1 saturated heterocycles. The summed E-state index contributed by atoms with van der Waals surface area (Å²) >= 11 is 6.13. The van der Waals surface area contributed by atoms with Crippen LogP contribution in [0.2, 0.25) is 5.02 Å². The number of allylic oxidation sites excluding steroid dienone is 2. The van der Waals surface area contributed by atoms with Crippen LogP contribution in [0.1, 0.15) is 16.8 Å². The van der Waals surface area contributed by atoms with Crippen molar-refractivity contribution in [2.75, 3.05) is 11.5 Å².